The Morgan fingerprint density at radius 3 is 3.00 bits per heavy atom. The quantitative estimate of drug-likeness (QED) is 0.684. The number of nitrogens with one attached hydrogen (secondary N) is 2. The highest BCUT2D eigenvalue weighted by atomic mass is 35.5. The van der Waals surface area contributed by atoms with E-state index in [1.54, 1.807) is 18.3 Å². The van der Waals surface area contributed by atoms with Crippen molar-refractivity contribution in [2.75, 3.05) is 32.0 Å². The van der Waals surface area contributed by atoms with Crippen LogP contribution in [0.5, 0.6) is 0 Å². The van der Waals surface area contributed by atoms with Crippen LogP contribution in [0.25, 0.3) is 10.9 Å². The lowest BCUT2D eigenvalue weighted by atomic mass is 9.82. The summed E-state index contributed by atoms with van der Waals surface area (Å²) in [6, 6.07) is 5.77. The Hall–Kier alpha value is -1.89. The number of hydrogen-bond donors (Lipinski definition) is 3. The Bertz CT molecular complexity index is 854. The maximum atomic E-state index is 12.9. The molecule has 2 aliphatic rings. The molecule has 0 saturated carbocycles. The number of rotatable bonds is 4. The lowest BCUT2D eigenvalue weighted by Gasteiger charge is -2.37. The number of carbonyl (C=O) groups is 1. The van der Waals surface area contributed by atoms with Crippen molar-refractivity contribution in [3.8, 4) is 0 Å². The molecule has 2 unspecified atom stereocenters. The van der Waals surface area contributed by atoms with Gasteiger partial charge in [0.2, 0.25) is 0 Å². The minimum Gasteiger partial charge on any atom is -0.397 e. The summed E-state index contributed by atoms with van der Waals surface area (Å²) in [4.78, 5) is 17.2. The molecule has 0 spiro atoms. The van der Waals surface area contributed by atoms with Gasteiger partial charge in [-0.2, -0.15) is 0 Å². The van der Waals surface area contributed by atoms with Gasteiger partial charge in [-0.25, -0.2) is 0 Å². The van der Waals surface area contributed by atoms with Gasteiger partial charge >= 0.3 is 0 Å². The number of nitrogens with two attached hydrogens (primary N) is 1. The molecule has 1 aromatic carbocycles. The summed E-state index contributed by atoms with van der Waals surface area (Å²) < 4.78 is 5.49. The number of piperidine rings is 1. The van der Waals surface area contributed by atoms with Gasteiger partial charge in [0.15, 0.2) is 0 Å². The van der Waals surface area contributed by atoms with E-state index in [2.05, 4.69) is 15.6 Å². The number of amides is 1. The first-order chi connectivity index (χ1) is 13.6. The molecular weight excluding hydrogens is 376 g/mol. The van der Waals surface area contributed by atoms with Crippen LogP contribution >= 0.6 is 11.6 Å². The molecule has 28 heavy (non-hydrogen) atoms. The summed E-state index contributed by atoms with van der Waals surface area (Å²) in [5.41, 5.74) is 7.57. The monoisotopic (exact) mass is 402 g/mol. The van der Waals surface area contributed by atoms with Gasteiger partial charge in [0.05, 0.1) is 21.8 Å². The number of ether oxygens (including phenoxy) is 1. The van der Waals surface area contributed by atoms with Crippen LogP contribution < -0.4 is 16.4 Å². The lowest BCUT2D eigenvalue weighted by Crippen LogP contribution is -2.47. The van der Waals surface area contributed by atoms with E-state index in [1.807, 2.05) is 6.07 Å². The van der Waals surface area contributed by atoms with Crippen LogP contribution in [0.2, 0.25) is 5.02 Å². The van der Waals surface area contributed by atoms with Gasteiger partial charge < -0.3 is 21.1 Å². The van der Waals surface area contributed by atoms with E-state index < -0.39 is 0 Å². The Kier molecular flexibility index (Phi) is 5.99. The van der Waals surface area contributed by atoms with Crippen molar-refractivity contribution in [1.29, 1.82) is 0 Å². The zero-order chi connectivity index (χ0) is 19.5. The number of aromatic nitrogens is 1. The summed E-state index contributed by atoms with van der Waals surface area (Å²) >= 11 is 6.24. The average Bonchev–Trinajstić information content (AvgIpc) is 2.75. The van der Waals surface area contributed by atoms with E-state index >= 15 is 0 Å². The van der Waals surface area contributed by atoms with Gasteiger partial charge in [-0.1, -0.05) is 11.6 Å². The van der Waals surface area contributed by atoms with Crippen LogP contribution in [-0.4, -0.2) is 43.2 Å². The van der Waals surface area contributed by atoms with Crippen LogP contribution in [0.1, 0.15) is 36.0 Å². The van der Waals surface area contributed by atoms with E-state index in [-0.39, 0.29) is 5.91 Å². The summed E-state index contributed by atoms with van der Waals surface area (Å²) in [6.45, 7) is 3.39. The smallest absolute Gasteiger partial charge is 0.253 e. The zero-order valence-electron chi connectivity index (χ0n) is 15.9. The fourth-order valence-corrected chi connectivity index (χ4v) is 4.65. The largest absolute Gasteiger partial charge is 0.397 e. The molecule has 0 radical (unpaired) electrons. The zero-order valence-corrected chi connectivity index (χ0v) is 16.7. The van der Waals surface area contributed by atoms with Crippen molar-refractivity contribution in [3.63, 3.8) is 0 Å². The standard InChI is InChI=1S/C21H27ClN4O2/c22-17-11-16(20-15(19(17)23)2-1-6-25-20)21(27)26-12-13-3-7-24-18(10-13)14-4-8-28-9-5-14/h1-2,6,11,13-14,18,24H,3-5,7-10,12,23H2,(H,26,27). The van der Waals surface area contributed by atoms with Gasteiger partial charge in [-0.05, 0) is 62.3 Å². The van der Waals surface area contributed by atoms with E-state index in [4.69, 9.17) is 22.1 Å². The Balaban J connectivity index is 1.42. The molecule has 6 nitrogen and oxygen atoms in total. The van der Waals surface area contributed by atoms with Crippen LogP contribution in [0, 0.1) is 11.8 Å². The van der Waals surface area contributed by atoms with Gasteiger partial charge in [0.25, 0.3) is 5.91 Å². The summed E-state index contributed by atoms with van der Waals surface area (Å²) in [7, 11) is 0. The first-order valence-electron chi connectivity index (χ1n) is 10.1. The van der Waals surface area contributed by atoms with E-state index in [0.717, 1.165) is 45.4 Å². The third-order valence-corrected chi connectivity index (χ3v) is 6.37. The fraction of sp³-hybridized carbons (Fsp3) is 0.524. The lowest BCUT2D eigenvalue weighted by molar-refractivity contribution is 0.0458. The number of hydrogen-bond acceptors (Lipinski definition) is 5. The van der Waals surface area contributed by atoms with Gasteiger partial charge in [-0.15, -0.1) is 0 Å². The molecule has 4 rings (SSSR count). The molecule has 1 amide bonds. The first-order valence-corrected chi connectivity index (χ1v) is 10.4. The number of carbonyl (C=O) groups excluding carboxylic acids is 1. The SMILES string of the molecule is Nc1c(Cl)cc(C(=O)NCC2CCNC(C3CCOCC3)C2)c2ncccc12. The molecular formula is C21H27ClN4O2. The molecule has 7 heteroatoms. The topological polar surface area (TPSA) is 89.3 Å². The molecule has 3 heterocycles. The second-order valence-corrected chi connectivity index (χ2v) is 8.24. The Morgan fingerprint density at radius 1 is 1.36 bits per heavy atom. The fourth-order valence-electron chi connectivity index (χ4n) is 4.44. The molecule has 4 N–H and O–H groups in total. The number of benzene rings is 1. The minimum atomic E-state index is -0.147. The highest BCUT2D eigenvalue weighted by molar-refractivity contribution is 6.35. The highest BCUT2D eigenvalue weighted by Gasteiger charge is 2.29. The van der Waals surface area contributed by atoms with Crippen molar-refractivity contribution in [2.45, 2.75) is 31.7 Å². The predicted octanol–water partition coefficient (Wildman–Crippen LogP) is 3.00. The number of pyridine rings is 1. The Morgan fingerprint density at radius 2 is 2.18 bits per heavy atom. The van der Waals surface area contributed by atoms with Crippen molar-refractivity contribution in [1.82, 2.24) is 15.6 Å². The minimum absolute atomic E-state index is 0.147. The van der Waals surface area contributed by atoms with Crippen LogP contribution in [0.4, 0.5) is 5.69 Å². The predicted molar refractivity (Wildman–Crippen MR) is 112 cm³/mol. The van der Waals surface area contributed by atoms with E-state index in [1.165, 1.54) is 0 Å². The molecule has 150 valence electrons. The van der Waals surface area contributed by atoms with E-state index in [0.29, 0.717) is 51.6 Å². The molecule has 2 fully saturated rings. The summed E-state index contributed by atoms with van der Waals surface area (Å²) in [5, 5.41) is 7.86. The molecule has 2 aromatic rings. The van der Waals surface area contributed by atoms with Crippen molar-refractivity contribution in [3.05, 3.63) is 35.0 Å². The Labute approximate surface area is 170 Å². The number of nitrogens with zero attached hydrogens (tertiary/aromatic N) is 1. The number of nitrogen functional groups attached to an aromatic ring is 1. The normalized spacial score (nSPS) is 23.6. The maximum absolute atomic E-state index is 12.9. The summed E-state index contributed by atoms with van der Waals surface area (Å²) in [6.07, 6.45) is 6.07. The molecule has 2 saturated heterocycles. The average molecular weight is 403 g/mol. The van der Waals surface area contributed by atoms with Crippen LogP contribution in [0.3, 0.4) is 0 Å². The molecule has 1 aromatic heterocycles. The van der Waals surface area contributed by atoms with Crippen molar-refractivity contribution in [2.24, 2.45) is 11.8 Å². The van der Waals surface area contributed by atoms with Crippen molar-refractivity contribution >= 4 is 34.1 Å². The summed E-state index contributed by atoms with van der Waals surface area (Å²) in [5.74, 6) is 1.00. The highest BCUT2D eigenvalue weighted by Crippen LogP contribution is 2.31. The van der Waals surface area contributed by atoms with Crippen LogP contribution in [0.15, 0.2) is 24.4 Å². The first kappa shape index (κ1) is 19.4. The van der Waals surface area contributed by atoms with Gasteiger partial charge in [0.1, 0.15) is 0 Å². The second kappa shape index (κ2) is 8.64. The second-order valence-electron chi connectivity index (χ2n) is 7.83. The third kappa shape index (κ3) is 4.09. The number of fused-ring (bicyclic) bond motifs is 1. The molecule has 2 aliphatic heterocycles. The van der Waals surface area contributed by atoms with E-state index in [9.17, 15) is 4.79 Å². The maximum Gasteiger partial charge on any atom is 0.253 e. The number of anilines is 1. The molecule has 0 bridgehead atoms. The third-order valence-electron chi connectivity index (χ3n) is 6.06. The van der Waals surface area contributed by atoms with Gasteiger partial charge in [0, 0.05) is 37.4 Å². The molecule has 2 atom stereocenters. The number of halogens is 1. The van der Waals surface area contributed by atoms with Crippen LogP contribution in [-0.2, 0) is 4.74 Å². The van der Waals surface area contributed by atoms with Crippen molar-refractivity contribution < 1.29 is 9.53 Å². The molecule has 0 aliphatic carbocycles. The van der Waals surface area contributed by atoms with Gasteiger partial charge in [-0.3, -0.25) is 9.78 Å².